The van der Waals surface area contributed by atoms with E-state index in [1.165, 1.54) is 4.88 Å². The van der Waals surface area contributed by atoms with Crippen LogP contribution >= 0.6 is 22.9 Å². The molecule has 2 heterocycles. The molecule has 0 spiro atoms. The van der Waals surface area contributed by atoms with Gasteiger partial charge < -0.3 is 14.8 Å². The molecule has 1 aliphatic heterocycles. The number of halogens is 1. The summed E-state index contributed by atoms with van der Waals surface area (Å²) in [5.41, 5.74) is 0.969. The highest BCUT2D eigenvalue weighted by molar-refractivity contribution is 7.15. The van der Waals surface area contributed by atoms with Gasteiger partial charge in [-0.15, -0.1) is 11.3 Å². The van der Waals surface area contributed by atoms with E-state index in [1.54, 1.807) is 11.3 Å². The molecule has 1 N–H and O–H groups in total. The fraction of sp³-hybridized carbons (Fsp3) is 0.400. The van der Waals surface area contributed by atoms with Gasteiger partial charge in [-0.1, -0.05) is 18.5 Å². The van der Waals surface area contributed by atoms with Crippen molar-refractivity contribution in [3.8, 4) is 22.1 Å². The Morgan fingerprint density at radius 1 is 1.33 bits per heavy atom. The lowest BCUT2D eigenvalue weighted by molar-refractivity contribution is 0.172. The molecule has 1 aliphatic rings. The molecule has 6 heteroatoms. The van der Waals surface area contributed by atoms with Crippen LogP contribution in [-0.4, -0.2) is 24.7 Å². The Morgan fingerprint density at radius 3 is 3.05 bits per heavy atom. The van der Waals surface area contributed by atoms with Crippen LogP contribution in [0.15, 0.2) is 18.3 Å². The summed E-state index contributed by atoms with van der Waals surface area (Å²) in [5, 5.41) is 4.90. The highest BCUT2D eigenvalue weighted by Crippen LogP contribution is 2.41. The third kappa shape index (κ3) is 3.31. The van der Waals surface area contributed by atoms with Gasteiger partial charge in [0.15, 0.2) is 11.5 Å². The standard InChI is InChI=1S/C15H17ClN2O2S/c1-2-3-17-8-11-9-18-15(21-11)10-6-12(16)14-13(7-10)19-4-5-20-14/h6-7,9,17H,2-5,8H2,1H3. The van der Waals surface area contributed by atoms with E-state index in [9.17, 15) is 0 Å². The van der Waals surface area contributed by atoms with Crippen molar-refractivity contribution in [3.63, 3.8) is 0 Å². The third-order valence-electron chi connectivity index (χ3n) is 3.12. The van der Waals surface area contributed by atoms with Gasteiger partial charge in [-0.25, -0.2) is 4.98 Å². The van der Waals surface area contributed by atoms with Crippen molar-refractivity contribution in [2.45, 2.75) is 19.9 Å². The van der Waals surface area contributed by atoms with Crippen LogP contribution in [0.25, 0.3) is 10.6 Å². The van der Waals surface area contributed by atoms with E-state index in [0.29, 0.717) is 29.7 Å². The Kier molecular flexibility index (Phi) is 4.63. The van der Waals surface area contributed by atoms with Gasteiger partial charge in [0.2, 0.25) is 0 Å². The second-order valence-corrected chi connectivity index (χ2v) is 6.31. The molecule has 112 valence electrons. The average Bonchev–Trinajstić information content (AvgIpc) is 2.96. The third-order valence-corrected chi connectivity index (χ3v) is 4.45. The zero-order chi connectivity index (χ0) is 14.7. The quantitative estimate of drug-likeness (QED) is 0.851. The van der Waals surface area contributed by atoms with Gasteiger partial charge in [-0.2, -0.15) is 0 Å². The van der Waals surface area contributed by atoms with Gasteiger partial charge in [0.25, 0.3) is 0 Å². The maximum absolute atomic E-state index is 6.27. The second-order valence-electron chi connectivity index (χ2n) is 4.79. The number of nitrogens with one attached hydrogen (secondary N) is 1. The molecule has 3 rings (SSSR count). The van der Waals surface area contributed by atoms with Gasteiger partial charge in [0.1, 0.15) is 18.2 Å². The van der Waals surface area contributed by atoms with E-state index in [2.05, 4.69) is 17.2 Å². The van der Waals surface area contributed by atoms with Crippen LogP contribution in [0, 0.1) is 0 Å². The van der Waals surface area contributed by atoms with Gasteiger partial charge >= 0.3 is 0 Å². The molecule has 2 aromatic rings. The maximum Gasteiger partial charge on any atom is 0.179 e. The number of hydrogen-bond acceptors (Lipinski definition) is 5. The predicted molar refractivity (Wildman–Crippen MR) is 85.5 cm³/mol. The number of benzene rings is 1. The molecule has 21 heavy (non-hydrogen) atoms. The summed E-state index contributed by atoms with van der Waals surface area (Å²) in [6.45, 7) is 5.11. The number of fused-ring (bicyclic) bond motifs is 1. The first-order valence-corrected chi connectivity index (χ1v) is 8.22. The molecular weight excluding hydrogens is 308 g/mol. The molecule has 0 bridgehead atoms. The Morgan fingerprint density at radius 2 is 2.19 bits per heavy atom. The van der Waals surface area contributed by atoms with Crippen LogP contribution < -0.4 is 14.8 Å². The number of rotatable bonds is 5. The first kappa shape index (κ1) is 14.6. The van der Waals surface area contributed by atoms with Crippen molar-refractivity contribution in [1.29, 1.82) is 0 Å². The normalized spacial score (nSPS) is 13.4. The van der Waals surface area contributed by atoms with E-state index in [1.807, 2.05) is 18.3 Å². The fourth-order valence-corrected chi connectivity index (χ4v) is 3.28. The van der Waals surface area contributed by atoms with Crippen molar-refractivity contribution < 1.29 is 9.47 Å². The van der Waals surface area contributed by atoms with Crippen molar-refractivity contribution in [3.05, 3.63) is 28.2 Å². The number of aromatic nitrogens is 1. The van der Waals surface area contributed by atoms with Crippen LogP contribution in [0.4, 0.5) is 0 Å². The van der Waals surface area contributed by atoms with Crippen molar-refractivity contribution >= 4 is 22.9 Å². The van der Waals surface area contributed by atoms with Crippen LogP contribution in [0.2, 0.25) is 5.02 Å². The number of ether oxygens (including phenoxy) is 2. The lowest BCUT2D eigenvalue weighted by Crippen LogP contribution is -2.15. The number of hydrogen-bond donors (Lipinski definition) is 1. The Labute approximate surface area is 133 Å². The molecule has 0 amide bonds. The van der Waals surface area contributed by atoms with E-state index in [-0.39, 0.29) is 0 Å². The molecule has 0 radical (unpaired) electrons. The summed E-state index contributed by atoms with van der Waals surface area (Å²) < 4.78 is 11.1. The van der Waals surface area contributed by atoms with Gasteiger partial charge in [0.05, 0.1) is 5.02 Å². The molecule has 4 nitrogen and oxygen atoms in total. The minimum atomic E-state index is 0.538. The lowest BCUT2D eigenvalue weighted by atomic mass is 10.2. The van der Waals surface area contributed by atoms with Crippen LogP contribution in [0.5, 0.6) is 11.5 Å². The molecular formula is C15H17ClN2O2S. The fourth-order valence-electron chi connectivity index (χ4n) is 2.15. The predicted octanol–water partition coefficient (Wildman–Crippen LogP) is 3.73. The zero-order valence-electron chi connectivity index (χ0n) is 11.8. The van der Waals surface area contributed by atoms with E-state index in [4.69, 9.17) is 21.1 Å². The number of nitrogens with zero attached hydrogens (tertiary/aromatic N) is 1. The summed E-state index contributed by atoms with van der Waals surface area (Å²) in [4.78, 5) is 5.69. The average molecular weight is 325 g/mol. The summed E-state index contributed by atoms with van der Waals surface area (Å²) >= 11 is 7.93. The first-order chi connectivity index (χ1) is 10.3. The summed E-state index contributed by atoms with van der Waals surface area (Å²) in [6.07, 6.45) is 3.04. The Balaban J connectivity index is 1.82. The maximum atomic E-state index is 6.27. The van der Waals surface area contributed by atoms with Gasteiger partial charge in [-0.05, 0) is 25.1 Å². The second kappa shape index (κ2) is 6.64. The highest BCUT2D eigenvalue weighted by atomic mass is 35.5. The topological polar surface area (TPSA) is 43.4 Å². The van der Waals surface area contributed by atoms with Crippen LogP contribution in [0.1, 0.15) is 18.2 Å². The largest absolute Gasteiger partial charge is 0.486 e. The summed E-state index contributed by atoms with van der Waals surface area (Å²) in [6, 6.07) is 3.83. The Hall–Kier alpha value is -1.30. The first-order valence-electron chi connectivity index (χ1n) is 7.03. The lowest BCUT2D eigenvalue weighted by Gasteiger charge is -2.19. The minimum Gasteiger partial charge on any atom is -0.486 e. The molecule has 0 saturated carbocycles. The van der Waals surface area contributed by atoms with Gasteiger partial charge in [0, 0.05) is 23.2 Å². The SMILES string of the molecule is CCCNCc1cnc(-c2cc(Cl)c3c(c2)OCCO3)s1. The molecule has 0 aliphatic carbocycles. The van der Waals surface area contributed by atoms with Crippen molar-refractivity contribution in [1.82, 2.24) is 10.3 Å². The van der Waals surface area contributed by atoms with Crippen LogP contribution in [0.3, 0.4) is 0 Å². The number of thiazole rings is 1. The van der Waals surface area contributed by atoms with E-state index < -0.39 is 0 Å². The highest BCUT2D eigenvalue weighted by Gasteiger charge is 2.18. The summed E-state index contributed by atoms with van der Waals surface area (Å²) in [5.74, 6) is 1.33. The van der Waals surface area contributed by atoms with Crippen molar-refractivity contribution in [2.75, 3.05) is 19.8 Å². The van der Waals surface area contributed by atoms with Crippen molar-refractivity contribution in [2.24, 2.45) is 0 Å². The molecule has 0 saturated heterocycles. The molecule has 0 unspecified atom stereocenters. The smallest absolute Gasteiger partial charge is 0.179 e. The molecule has 0 fully saturated rings. The molecule has 1 aromatic heterocycles. The van der Waals surface area contributed by atoms with E-state index in [0.717, 1.165) is 30.1 Å². The Bertz CT molecular complexity index is 630. The minimum absolute atomic E-state index is 0.538. The van der Waals surface area contributed by atoms with E-state index >= 15 is 0 Å². The summed E-state index contributed by atoms with van der Waals surface area (Å²) in [7, 11) is 0. The van der Waals surface area contributed by atoms with Gasteiger partial charge in [-0.3, -0.25) is 0 Å². The zero-order valence-corrected chi connectivity index (χ0v) is 13.4. The molecule has 0 atom stereocenters. The monoisotopic (exact) mass is 324 g/mol. The van der Waals surface area contributed by atoms with Crippen LogP contribution in [-0.2, 0) is 6.54 Å². The molecule has 1 aromatic carbocycles.